The maximum absolute atomic E-state index is 5.91. The Morgan fingerprint density at radius 3 is 2.92 bits per heavy atom. The number of halogens is 1. The zero-order chi connectivity index (χ0) is 9.26. The van der Waals surface area contributed by atoms with Crippen molar-refractivity contribution in [3.63, 3.8) is 0 Å². The molecule has 0 unspecified atom stereocenters. The molecule has 1 saturated carbocycles. The van der Waals surface area contributed by atoms with Gasteiger partial charge in [-0.05, 0) is 30.9 Å². The van der Waals surface area contributed by atoms with Crippen LogP contribution in [0.4, 0.5) is 5.69 Å². The van der Waals surface area contributed by atoms with E-state index in [4.69, 9.17) is 11.6 Å². The largest absolute Gasteiger partial charge is 0.380 e. The molecule has 0 aromatic carbocycles. The van der Waals surface area contributed by atoms with Gasteiger partial charge in [-0.15, -0.1) is 0 Å². The highest BCUT2D eigenvalue weighted by atomic mass is 35.5. The van der Waals surface area contributed by atoms with Crippen molar-refractivity contribution >= 4 is 17.3 Å². The van der Waals surface area contributed by atoms with Crippen LogP contribution in [0.1, 0.15) is 19.8 Å². The molecule has 2 rings (SSSR count). The van der Waals surface area contributed by atoms with Crippen LogP contribution in [0.2, 0.25) is 5.15 Å². The summed E-state index contributed by atoms with van der Waals surface area (Å²) in [5.41, 5.74) is 0.959. The molecule has 0 aliphatic heterocycles. The first-order valence-electron chi connectivity index (χ1n) is 4.63. The molecule has 1 aliphatic rings. The lowest BCUT2D eigenvalue weighted by atomic mass is 9.82. The third-order valence-electron chi connectivity index (χ3n) is 2.49. The fraction of sp³-hybridized carbons (Fsp3) is 0.500. The number of nitrogens with zero attached hydrogens (tertiary/aromatic N) is 1. The smallest absolute Gasteiger partial charge is 0.152 e. The van der Waals surface area contributed by atoms with Gasteiger partial charge >= 0.3 is 0 Å². The van der Waals surface area contributed by atoms with E-state index in [-0.39, 0.29) is 0 Å². The standard InChI is InChI=1S/C10H13ClN2/c1-7-5-8(6-7)13-9-3-2-4-12-10(9)11/h2-4,7-8,13H,5-6H2,1H3. The van der Waals surface area contributed by atoms with Gasteiger partial charge in [0.2, 0.25) is 0 Å². The summed E-state index contributed by atoms with van der Waals surface area (Å²) in [6.45, 7) is 2.27. The normalized spacial score (nSPS) is 26.6. The number of nitrogens with one attached hydrogen (secondary N) is 1. The van der Waals surface area contributed by atoms with Gasteiger partial charge in [-0.25, -0.2) is 4.98 Å². The summed E-state index contributed by atoms with van der Waals surface area (Å²) < 4.78 is 0. The van der Waals surface area contributed by atoms with E-state index in [1.807, 2.05) is 12.1 Å². The lowest BCUT2D eigenvalue weighted by molar-refractivity contribution is 0.309. The lowest BCUT2D eigenvalue weighted by Gasteiger charge is -2.34. The Kier molecular flexibility index (Phi) is 2.40. The summed E-state index contributed by atoms with van der Waals surface area (Å²) in [5, 5.41) is 3.95. The van der Waals surface area contributed by atoms with Crippen molar-refractivity contribution in [2.45, 2.75) is 25.8 Å². The van der Waals surface area contributed by atoms with E-state index in [0.29, 0.717) is 11.2 Å². The second-order valence-corrected chi connectivity index (χ2v) is 4.12. The SMILES string of the molecule is CC1CC(Nc2cccnc2Cl)C1. The Balaban J connectivity index is 1.98. The highest BCUT2D eigenvalue weighted by Crippen LogP contribution is 2.30. The summed E-state index contributed by atoms with van der Waals surface area (Å²) in [7, 11) is 0. The van der Waals surface area contributed by atoms with E-state index in [0.717, 1.165) is 11.6 Å². The molecular formula is C10H13ClN2. The summed E-state index contributed by atoms with van der Waals surface area (Å²) in [6.07, 6.45) is 4.19. The Labute approximate surface area is 83.3 Å². The molecule has 1 aromatic rings. The van der Waals surface area contributed by atoms with Gasteiger partial charge in [0.1, 0.15) is 0 Å². The third-order valence-corrected chi connectivity index (χ3v) is 2.79. The van der Waals surface area contributed by atoms with E-state index < -0.39 is 0 Å². The van der Waals surface area contributed by atoms with Gasteiger partial charge in [0.05, 0.1) is 5.69 Å². The third kappa shape index (κ3) is 1.94. The fourth-order valence-corrected chi connectivity index (χ4v) is 1.91. The minimum absolute atomic E-state index is 0.571. The highest BCUT2D eigenvalue weighted by molar-refractivity contribution is 6.31. The topological polar surface area (TPSA) is 24.9 Å². The van der Waals surface area contributed by atoms with Crippen LogP contribution in [0.5, 0.6) is 0 Å². The highest BCUT2D eigenvalue weighted by Gasteiger charge is 2.25. The van der Waals surface area contributed by atoms with Gasteiger partial charge in [0.15, 0.2) is 5.15 Å². The van der Waals surface area contributed by atoms with Crippen LogP contribution in [0.15, 0.2) is 18.3 Å². The van der Waals surface area contributed by atoms with Crippen LogP contribution in [-0.2, 0) is 0 Å². The number of hydrogen-bond donors (Lipinski definition) is 1. The number of aromatic nitrogens is 1. The van der Waals surface area contributed by atoms with Gasteiger partial charge in [0, 0.05) is 12.2 Å². The first-order valence-corrected chi connectivity index (χ1v) is 5.00. The maximum atomic E-state index is 5.91. The molecule has 0 spiro atoms. The van der Waals surface area contributed by atoms with E-state index in [9.17, 15) is 0 Å². The molecule has 0 bridgehead atoms. The maximum Gasteiger partial charge on any atom is 0.152 e. The molecule has 1 aromatic heterocycles. The monoisotopic (exact) mass is 196 g/mol. The van der Waals surface area contributed by atoms with Crippen molar-refractivity contribution in [2.75, 3.05) is 5.32 Å². The molecule has 1 heterocycles. The molecule has 1 N–H and O–H groups in total. The first-order chi connectivity index (χ1) is 6.25. The molecule has 0 saturated heterocycles. The molecule has 0 radical (unpaired) electrons. The molecule has 13 heavy (non-hydrogen) atoms. The summed E-state index contributed by atoms with van der Waals surface area (Å²) in [6, 6.07) is 4.46. The Morgan fingerprint density at radius 2 is 2.31 bits per heavy atom. The van der Waals surface area contributed by atoms with E-state index >= 15 is 0 Å². The molecule has 70 valence electrons. The van der Waals surface area contributed by atoms with Crippen LogP contribution in [-0.4, -0.2) is 11.0 Å². The average Bonchev–Trinajstić information content (AvgIpc) is 2.06. The summed E-state index contributed by atoms with van der Waals surface area (Å²) in [5.74, 6) is 0.855. The van der Waals surface area contributed by atoms with Crippen LogP contribution in [0.3, 0.4) is 0 Å². The minimum atomic E-state index is 0.571. The van der Waals surface area contributed by atoms with Crippen molar-refractivity contribution in [3.8, 4) is 0 Å². The van der Waals surface area contributed by atoms with E-state index in [2.05, 4.69) is 17.2 Å². The first kappa shape index (κ1) is 8.82. The van der Waals surface area contributed by atoms with Crippen molar-refractivity contribution in [1.82, 2.24) is 4.98 Å². The number of hydrogen-bond acceptors (Lipinski definition) is 2. The summed E-state index contributed by atoms with van der Waals surface area (Å²) in [4.78, 5) is 4.01. The van der Waals surface area contributed by atoms with Crippen molar-refractivity contribution in [3.05, 3.63) is 23.5 Å². The van der Waals surface area contributed by atoms with Crippen LogP contribution < -0.4 is 5.32 Å². The Hall–Kier alpha value is -0.760. The van der Waals surface area contributed by atoms with Crippen LogP contribution in [0.25, 0.3) is 0 Å². The number of anilines is 1. The summed E-state index contributed by atoms with van der Waals surface area (Å²) >= 11 is 5.91. The van der Waals surface area contributed by atoms with Gasteiger partial charge in [-0.2, -0.15) is 0 Å². The molecular weight excluding hydrogens is 184 g/mol. The Morgan fingerprint density at radius 1 is 1.54 bits per heavy atom. The van der Waals surface area contributed by atoms with Crippen molar-refractivity contribution in [2.24, 2.45) is 5.92 Å². The minimum Gasteiger partial charge on any atom is -0.380 e. The van der Waals surface area contributed by atoms with Crippen LogP contribution >= 0.6 is 11.6 Å². The van der Waals surface area contributed by atoms with Gasteiger partial charge in [-0.1, -0.05) is 18.5 Å². The van der Waals surface area contributed by atoms with E-state index in [1.165, 1.54) is 12.8 Å². The van der Waals surface area contributed by atoms with Crippen LogP contribution in [0, 0.1) is 5.92 Å². The zero-order valence-electron chi connectivity index (χ0n) is 7.63. The zero-order valence-corrected chi connectivity index (χ0v) is 8.38. The van der Waals surface area contributed by atoms with Crippen molar-refractivity contribution < 1.29 is 0 Å². The number of rotatable bonds is 2. The fourth-order valence-electron chi connectivity index (χ4n) is 1.73. The number of pyridine rings is 1. The molecule has 2 nitrogen and oxygen atoms in total. The average molecular weight is 197 g/mol. The molecule has 3 heteroatoms. The lowest BCUT2D eigenvalue weighted by Crippen LogP contribution is -2.33. The van der Waals surface area contributed by atoms with E-state index in [1.54, 1.807) is 6.20 Å². The molecule has 1 fully saturated rings. The van der Waals surface area contributed by atoms with Gasteiger partial charge in [0.25, 0.3) is 0 Å². The predicted molar refractivity (Wildman–Crippen MR) is 55.1 cm³/mol. The Bertz CT molecular complexity index is 295. The van der Waals surface area contributed by atoms with Gasteiger partial charge in [-0.3, -0.25) is 0 Å². The second kappa shape index (κ2) is 3.54. The van der Waals surface area contributed by atoms with Gasteiger partial charge < -0.3 is 5.32 Å². The molecule has 1 aliphatic carbocycles. The predicted octanol–water partition coefficient (Wildman–Crippen LogP) is 2.95. The molecule has 0 atom stereocenters. The molecule has 0 amide bonds. The second-order valence-electron chi connectivity index (χ2n) is 3.76. The van der Waals surface area contributed by atoms with Crippen molar-refractivity contribution in [1.29, 1.82) is 0 Å². The quantitative estimate of drug-likeness (QED) is 0.736.